The summed E-state index contributed by atoms with van der Waals surface area (Å²) in [5, 5.41) is 11.5. The first-order valence-electron chi connectivity index (χ1n) is 16.9. The summed E-state index contributed by atoms with van der Waals surface area (Å²) in [4.78, 5) is 23.7. The summed E-state index contributed by atoms with van der Waals surface area (Å²) in [7, 11) is 0. The molecule has 2 aromatic heterocycles. The fourth-order valence-electron chi connectivity index (χ4n) is 7.49. The molecule has 0 radical (unpaired) electrons. The maximum atomic E-state index is 17.2. The fraction of sp³-hybridized carbons (Fsp3) is 0.486. The number of ether oxygens (including phenoxy) is 3. The van der Waals surface area contributed by atoms with Crippen molar-refractivity contribution in [1.29, 1.82) is 5.26 Å². The molecule has 2 fully saturated rings. The second-order valence-corrected chi connectivity index (χ2v) is 15.7. The van der Waals surface area contributed by atoms with Gasteiger partial charge in [-0.3, -0.25) is 10.2 Å². The number of nitrogens with one attached hydrogen (secondary N) is 1. The van der Waals surface area contributed by atoms with Crippen molar-refractivity contribution in [3.63, 3.8) is 0 Å². The largest absolute Gasteiger partial charge is 0.489 e. The number of benzene rings is 2. The normalized spacial score (nSPS) is 21.4. The summed E-state index contributed by atoms with van der Waals surface area (Å²) >= 11 is 7.51. The third-order valence-corrected chi connectivity index (χ3v) is 11.1. The van der Waals surface area contributed by atoms with E-state index in [2.05, 4.69) is 15.3 Å². The van der Waals surface area contributed by atoms with Crippen molar-refractivity contribution in [3.8, 4) is 29.0 Å². The van der Waals surface area contributed by atoms with Crippen LogP contribution in [0, 0.1) is 23.0 Å². The zero-order valence-corrected chi connectivity index (χ0v) is 30.5. The number of carbonyl (C=O) groups excluding carboxylic acids is 1. The van der Waals surface area contributed by atoms with E-state index in [0.717, 1.165) is 18.6 Å². The van der Waals surface area contributed by atoms with Gasteiger partial charge in [-0.1, -0.05) is 17.7 Å². The number of thiophene rings is 1. The lowest BCUT2D eigenvalue weighted by atomic mass is 9.95. The highest BCUT2D eigenvalue weighted by atomic mass is 35.5. The Bertz CT molecular complexity index is 2200. The van der Waals surface area contributed by atoms with E-state index in [1.165, 1.54) is 0 Å². The Morgan fingerprint density at radius 2 is 1.98 bits per heavy atom. The molecule has 19 heteroatoms. The van der Waals surface area contributed by atoms with E-state index in [-0.39, 0.29) is 45.8 Å². The summed E-state index contributed by atoms with van der Waals surface area (Å²) in [5.41, 5.74) is -3.21. The van der Waals surface area contributed by atoms with Gasteiger partial charge in [-0.05, 0) is 51.8 Å². The first kappa shape index (κ1) is 38.0. The molecule has 0 unspecified atom stereocenters. The topological polar surface area (TPSA) is 113 Å². The van der Waals surface area contributed by atoms with Crippen molar-refractivity contribution in [2.45, 2.75) is 76.2 Å². The lowest BCUT2D eigenvalue weighted by molar-refractivity contribution is 0.0635. The van der Waals surface area contributed by atoms with Gasteiger partial charge in [-0.2, -0.15) is 15.2 Å². The van der Waals surface area contributed by atoms with Gasteiger partial charge in [0.1, 0.15) is 59.3 Å². The molecular formula is C35H32ClF7N6O4S. The van der Waals surface area contributed by atoms with Gasteiger partial charge in [0, 0.05) is 23.9 Å². The number of aromatic nitrogens is 2. The zero-order chi connectivity index (χ0) is 38.9. The first-order chi connectivity index (χ1) is 25.5. The van der Waals surface area contributed by atoms with Crippen LogP contribution in [0.1, 0.15) is 45.6 Å². The number of hydrogen-bond donors (Lipinski definition) is 1. The van der Waals surface area contributed by atoms with Gasteiger partial charge in [0.05, 0.1) is 32.8 Å². The van der Waals surface area contributed by atoms with Crippen molar-refractivity contribution in [2.75, 3.05) is 43.1 Å². The van der Waals surface area contributed by atoms with Crippen molar-refractivity contribution in [2.24, 2.45) is 0 Å². The van der Waals surface area contributed by atoms with E-state index in [1.807, 2.05) is 11.0 Å². The minimum Gasteiger partial charge on any atom is -0.489 e. The van der Waals surface area contributed by atoms with Crippen LogP contribution in [-0.2, 0) is 4.74 Å². The maximum Gasteiger partial charge on any atom is 0.412 e. The zero-order valence-electron chi connectivity index (χ0n) is 28.9. The van der Waals surface area contributed by atoms with Crippen LogP contribution in [-0.4, -0.2) is 90.0 Å². The average Bonchev–Trinajstić information content (AvgIpc) is 3.70. The minimum absolute atomic E-state index is 0.120. The molecule has 3 atom stereocenters. The second kappa shape index (κ2) is 14.1. The number of anilines is 2. The van der Waals surface area contributed by atoms with Crippen molar-refractivity contribution in [1.82, 2.24) is 14.9 Å². The number of nitrogens with zero attached hydrogens (tertiary/aromatic N) is 5. The lowest BCUT2D eigenvalue weighted by Gasteiger charge is -2.32. The van der Waals surface area contributed by atoms with Gasteiger partial charge < -0.3 is 19.1 Å². The van der Waals surface area contributed by atoms with Crippen LogP contribution in [0.4, 0.5) is 46.3 Å². The molecular weight excluding hydrogens is 769 g/mol. The van der Waals surface area contributed by atoms with Gasteiger partial charge in [-0.25, -0.2) is 35.5 Å². The molecule has 1 amide bonds. The summed E-state index contributed by atoms with van der Waals surface area (Å²) in [6.07, 6.45) is -7.02. The highest BCUT2D eigenvalue weighted by molar-refractivity contribution is 7.23. The Labute approximate surface area is 312 Å². The molecule has 0 bridgehead atoms. The van der Waals surface area contributed by atoms with Crippen LogP contribution in [0.15, 0.2) is 12.1 Å². The standard InChI is InChI=1S/C35H32ClF7N6O4S/c1-34(2,3)53-33(50)47-31-17(10-44)21-16(5-6-18(38)28(21)54-31)22-24(36)27-23-26(25(22)41)45-32(52-14-35-7-4-8-48(35)11-15(37)9-35)46-30(23)49(12-20(39)40)19(13-51-27)29(42)43/h5-6,15,19-20,29H,4,7-9,11-14H2,1-3H3,(H,47,50)/t15-,19-,35+/m1/s1. The monoisotopic (exact) mass is 800 g/mol. The van der Waals surface area contributed by atoms with Gasteiger partial charge in [0.2, 0.25) is 0 Å². The van der Waals surface area contributed by atoms with Crippen LogP contribution in [0.25, 0.3) is 32.1 Å². The van der Waals surface area contributed by atoms with Crippen molar-refractivity contribution < 1.29 is 49.7 Å². The Morgan fingerprint density at radius 1 is 1.22 bits per heavy atom. The van der Waals surface area contributed by atoms with Crippen LogP contribution < -0.4 is 19.7 Å². The molecule has 7 rings (SSSR count). The van der Waals surface area contributed by atoms with Gasteiger partial charge in [-0.15, -0.1) is 11.3 Å². The van der Waals surface area contributed by atoms with Crippen LogP contribution in [0.3, 0.4) is 0 Å². The number of fused-ring (bicyclic) bond motifs is 2. The molecule has 0 spiro atoms. The van der Waals surface area contributed by atoms with E-state index >= 15 is 8.78 Å². The number of rotatable bonds is 8. The molecule has 3 aliphatic rings. The molecule has 4 aromatic rings. The first-order valence-corrected chi connectivity index (χ1v) is 18.1. The fourth-order valence-corrected chi connectivity index (χ4v) is 8.89. The number of nitriles is 1. The molecule has 10 nitrogen and oxygen atoms in total. The van der Waals surface area contributed by atoms with E-state index in [4.69, 9.17) is 25.8 Å². The van der Waals surface area contributed by atoms with Crippen molar-refractivity contribution >= 4 is 60.8 Å². The van der Waals surface area contributed by atoms with Crippen LogP contribution in [0.5, 0.6) is 11.8 Å². The molecule has 1 N–H and O–H groups in total. The number of amides is 1. The smallest absolute Gasteiger partial charge is 0.412 e. The lowest BCUT2D eigenvalue weighted by Crippen LogP contribution is -2.46. The van der Waals surface area contributed by atoms with Gasteiger partial charge >= 0.3 is 12.1 Å². The third-order valence-electron chi connectivity index (χ3n) is 9.66. The molecule has 54 heavy (non-hydrogen) atoms. The van der Waals surface area contributed by atoms with Gasteiger partial charge in [0.25, 0.3) is 12.9 Å². The Kier molecular flexibility index (Phi) is 9.88. The molecule has 0 aliphatic carbocycles. The average molecular weight is 801 g/mol. The predicted octanol–water partition coefficient (Wildman–Crippen LogP) is 8.71. The highest BCUT2D eigenvalue weighted by Crippen LogP contribution is 2.52. The van der Waals surface area contributed by atoms with Gasteiger partial charge in [0.15, 0.2) is 11.6 Å². The van der Waals surface area contributed by atoms with Crippen LogP contribution >= 0.6 is 22.9 Å². The number of hydrogen-bond acceptors (Lipinski definition) is 10. The Hall–Kier alpha value is -4.34. The Balaban J connectivity index is 1.44. The third kappa shape index (κ3) is 6.68. The number of halogens is 8. The summed E-state index contributed by atoms with van der Waals surface area (Å²) < 4.78 is 121. The molecule has 288 valence electrons. The second-order valence-electron chi connectivity index (χ2n) is 14.3. The van der Waals surface area contributed by atoms with Crippen molar-refractivity contribution in [3.05, 3.63) is 34.4 Å². The molecule has 2 aromatic carbocycles. The van der Waals surface area contributed by atoms with E-state index in [9.17, 15) is 32.0 Å². The van der Waals surface area contributed by atoms with E-state index in [1.54, 1.807) is 20.8 Å². The molecule has 2 saturated heterocycles. The molecule has 5 heterocycles. The SMILES string of the molecule is CC(C)(C)OC(=O)Nc1sc2c(F)ccc(-c3c(Cl)c4c5c(nc(OC[C@@]67CCCN6C[C@H](F)C7)nc5c3F)N(CC(F)F)[C@@H](C(F)F)CO4)c2c1C#N. The minimum atomic E-state index is -3.25. The number of carbonyl (C=O) groups is 1. The highest BCUT2D eigenvalue weighted by Gasteiger charge is 2.49. The quantitative estimate of drug-likeness (QED) is 0.175. The summed E-state index contributed by atoms with van der Waals surface area (Å²) in [5.74, 6) is -3.04. The summed E-state index contributed by atoms with van der Waals surface area (Å²) in [6.45, 7) is 3.31. The number of alkyl halides is 5. The summed E-state index contributed by atoms with van der Waals surface area (Å²) in [6, 6.07) is 1.46. The van der Waals surface area contributed by atoms with E-state index < -0.39 is 106 Å². The molecule has 3 aliphatic heterocycles. The predicted molar refractivity (Wildman–Crippen MR) is 187 cm³/mol. The Morgan fingerprint density at radius 3 is 2.67 bits per heavy atom. The van der Waals surface area contributed by atoms with E-state index in [0.29, 0.717) is 29.2 Å². The van der Waals surface area contributed by atoms with Crippen LogP contribution in [0.2, 0.25) is 5.02 Å². The maximum absolute atomic E-state index is 17.2. The molecule has 0 saturated carbocycles.